The van der Waals surface area contributed by atoms with E-state index in [0.29, 0.717) is 6.42 Å². The van der Waals surface area contributed by atoms with Crippen molar-refractivity contribution in [3.05, 3.63) is 54.1 Å². The van der Waals surface area contributed by atoms with Gasteiger partial charge < -0.3 is 4.74 Å². The first-order valence-electron chi connectivity index (χ1n) is 7.15. The maximum Gasteiger partial charge on any atom is 0.240 e. The molecule has 0 aliphatic carbocycles. The Kier molecular flexibility index (Phi) is 5.63. The second-order valence-corrected chi connectivity index (χ2v) is 9.02. The van der Waals surface area contributed by atoms with E-state index in [1.54, 1.807) is 7.11 Å². The lowest BCUT2D eigenvalue weighted by molar-refractivity contribution is 0.414. The van der Waals surface area contributed by atoms with E-state index >= 15 is 0 Å². The Labute approximate surface area is 142 Å². The predicted octanol–water partition coefficient (Wildman–Crippen LogP) is 1.62. The zero-order chi connectivity index (χ0) is 17.8. The topological polar surface area (TPSA) is 89.5 Å². The van der Waals surface area contributed by atoms with Crippen molar-refractivity contribution in [1.29, 1.82) is 0 Å². The molecule has 0 spiro atoms. The van der Waals surface area contributed by atoms with Crippen LogP contribution in [0.1, 0.15) is 5.56 Å². The van der Waals surface area contributed by atoms with E-state index in [0.717, 1.165) is 17.6 Å². The fraction of sp³-hybridized carbons (Fsp3) is 0.250. The van der Waals surface area contributed by atoms with Gasteiger partial charge in [0.15, 0.2) is 9.84 Å². The molecular formula is C16H19NO5S2. The van der Waals surface area contributed by atoms with Crippen LogP contribution in [0.15, 0.2) is 58.3 Å². The molecule has 8 heteroatoms. The summed E-state index contributed by atoms with van der Waals surface area (Å²) in [6, 6.07) is 12.5. The highest BCUT2D eigenvalue weighted by atomic mass is 32.2. The van der Waals surface area contributed by atoms with E-state index in [1.807, 2.05) is 24.3 Å². The van der Waals surface area contributed by atoms with E-state index in [-0.39, 0.29) is 16.3 Å². The van der Waals surface area contributed by atoms with Crippen LogP contribution in [0.4, 0.5) is 0 Å². The van der Waals surface area contributed by atoms with Gasteiger partial charge in [0.2, 0.25) is 10.0 Å². The lowest BCUT2D eigenvalue weighted by Gasteiger charge is -2.08. The molecule has 0 radical (unpaired) electrons. The molecule has 24 heavy (non-hydrogen) atoms. The number of hydrogen-bond donors (Lipinski definition) is 1. The van der Waals surface area contributed by atoms with Crippen LogP contribution in [0, 0.1) is 0 Å². The van der Waals surface area contributed by atoms with Gasteiger partial charge in [0.1, 0.15) is 5.75 Å². The van der Waals surface area contributed by atoms with Gasteiger partial charge in [-0.05, 0) is 48.4 Å². The van der Waals surface area contributed by atoms with Gasteiger partial charge in [-0.1, -0.05) is 12.1 Å². The molecule has 1 N–H and O–H groups in total. The zero-order valence-electron chi connectivity index (χ0n) is 13.4. The van der Waals surface area contributed by atoms with E-state index in [4.69, 9.17) is 4.74 Å². The zero-order valence-corrected chi connectivity index (χ0v) is 15.0. The molecule has 0 unspecified atom stereocenters. The van der Waals surface area contributed by atoms with Crippen LogP contribution in [0.25, 0.3) is 0 Å². The van der Waals surface area contributed by atoms with Gasteiger partial charge in [-0.25, -0.2) is 21.6 Å². The molecule has 0 amide bonds. The minimum Gasteiger partial charge on any atom is -0.497 e. The maximum atomic E-state index is 12.2. The second-order valence-electron chi connectivity index (χ2n) is 5.24. The van der Waals surface area contributed by atoms with E-state index < -0.39 is 19.9 Å². The van der Waals surface area contributed by atoms with Crippen LogP contribution >= 0.6 is 0 Å². The highest BCUT2D eigenvalue weighted by Crippen LogP contribution is 2.15. The van der Waals surface area contributed by atoms with Crippen molar-refractivity contribution in [3.8, 4) is 5.75 Å². The molecule has 6 nitrogen and oxygen atoms in total. The molecule has 0 atom stereocenters. The van der Waals surface area contributed by atoms with Crippen LogP contribution < -0.4 is 9.46 Å². The Bertz CT molecular complexity index is 886. The van der Waals surface area contributed by atoms with E-state index in [1.165, 1.54) is 24.3 Å². The third kappa shape index (κ3) is 4.80. The molecule has 0 saturated carbocycles. The summed E-state index contributed by atoms with van der Waals surface area (Å²) >= 11 is 0. The third-order valence-corrected chi connectivity index (χ3v) is 6.03. The van der Waals surface area contributed by atoms with Crippen molar-refractivity contribution < 1.29 is 21.6 Å². The molecule has 2 aromatic carbocycles. The van der Waals surface area contributed by atoms with Gasteiger partial charge in [0, 0.05) is 12.8 Å². The van der Waals surface area contributed by atoms with Crippen LogP contribution in [0.2, 0.25) is 0 Å². The highest BCUT2D eigenvalue weighted by Gasteiger charge is 2.15. The Morgan fingerprint density at radius 2 is 1.42 bits per heavy atom. The van der Waals surface area contributed by atoms with Gasteiger partial charge in [-0.15, -0.1) is 0 Å². The Morgan fingerprint density at radius 1 is 0.875 bits per heavy atom. The quantitative estimate of drug-likeness (QED) is 0.801. The van der Waals surface area contributed by atoms with Crippen molar-refractivity contribution in [2.24, 2.45) is 0 Å². The van der Waals surface area contributed by atoms with Crippen molar-refractivity contribution in [2.75, 3.05) is 19.9 Å². The summed E-state index contributed by atoms with van der Waals surface area (Å²) in [5, 5.41) is 0. The molecular weight excluding hydrogens is 350 g/mol. The number of rotatable bonds is 7. The van der Waals surface area contributed by atoms with Crippen LogP contribution in [0.3, 0.4) is 0 Å². The Balaban J connectivity index is 2.00. The molecule has 130 valence electrons. The molecule has 0 bridgehead atoms. The monoisotopic (exact) mass is 369 g/mol. The maximum absolute atomic E-state index is 12.2. The normalized spacial score (nSPS) is 12.1. The number of methoxy groups -OCH3 is 1. The standard InChI is InChI=1S/C16H19NO5S2/c1-22-14-5-3-13(4-6-14)11-12-17-24(20,21)16-9-7-15(8-10-16)23(2,18)19/h3-10,17H,11-12H2,1-2H3. The minimum absolute atomic E-state index is 0.0321. The summed E-state index contributed by atoms with van der Waals surface area (Å²) in [6.45, 7) is 0.239. The summed E-state index contributed by atoms with van der Waals surface area (Å²) < 4.78 is 54.8. The summed E-state index contributed by atoms with van der Waals surface area (Å²) in [6.07, 6.45) is 1.61. The van der Waals surface area contributed by atoms with E-state index in [2.05, 4.69) is 4.72 Å². The van der Waals surface area contributed by atoms with Crippen LogP contribution in [-0.2, 0) is 26.3 Å². The first kappa shape index (κ1) is 18.4. The Hall–Kier alpha value is -1.90. The number of nitrogens with one attached hydrogen (secondary N) is 1. The number of sulfonamides is 1. The lowest BCUT2D eigenvalue weighted by Crippen LogP contribution is -2.26. The SMILES string of the molecule is COc1ccc(CCNS(=O)(=O)c2ccc(S(C)(=O)=O)cc2)cc1. The molecule has 2 rings (SSSR count). The van der Waals surface area contributed by atoms with Gasteiger partial charge in [-0.2, -0.15) is 0 Å². The van der Waals surface area contributed by atoms with Gasteiger partial charge in [0.05, 0.1) is 16.9 Å². The van der Waals surface area contributed by atoms with Crippen molar-refractivity contribution in [3.63, 3.8) is 0 Å². The van der Waals surface area contributed by atoms with Crippen LogP contribution in [0.5, 0.6) is 5.75 Å². The minimum atomic E-state index is -3.68. The third-order valence-electron chi connectivity index (χ3n) is 3.43. The predicted molar refractivity (Wildman–Crippen MR) is 91.4 cm³/mol. The second kappa shape index (κ2) is 7.33. The molecule has 0 aliphatic heterocycles. The summed E-state index contributed by atoms with van der Waals surface area (Å²) in [5.41, 5.74) is 0.978. The number of sulfone groups is 1. The highest BCUT2D eigenvalue weighted by molar-refractivity contribution is 7.90. The summed E-state index contributed by atoms with van der Waals surface area (Å²) in [5.74, 6) is 0.741. The first-order chi connectivity index (χ1) is 11.2. The van der Waals surface area contributed by atoms with Gasteiger partial charge in [-0.3, -0.25) is 0 Å². The van der Waals surface area contributed by atoms with Crippen LogP contribution in [-0.4, -0.2) is 36.7 Å². The lowest BCUT2D eigenvalue weighted by atomic mass is 10.1. The largest absolute Gasteiger partial charge is 0.497 e. The Morgan fingerprint density at radius 3 is 1.92 bits per heavy atom. The smallest absolute Gasteiger partial charge is 0.240 e. The molecule has 0 saturated heterocycles. The summed E-state index contributed by atoms with van der Waals surface area (Å²) in [7, 11) is -5.44. The molecule has 2 aromatic rings. The number of benzene rings is 2. The van der Waals surface area contributed by atoms with Crippen molar-refractivity contribution >= 4 is 19.9 Å². The summed E-state index contributed by atoms with van der Waals surface area (Å²) in [4.78, 5) is 0.115. The number of ether oxygens (including phenoxy) is 1. The molecule has 0 heterocycles. The average molecular weight is 369 g/mol. The van der Waals surface area contributed by atoms with Gasteiger partial charge in [0.25, 0.3) is 0 Å². The molecule has 0 fully saturated rings. The van der Waals surface area contributed by atoms with E-state index in [9.17, 15) is 16.8 Å². The fourth-order valence-electron chi connectivity index (χ4n) is 2.07. The van der Waals surface area contributed by atoms with Crippen molar-refractivity contribution in [1.82, 2.24) is 4.72 Å². The van der Waals surface area contributed by atoms with Crippen molar-refractivity contribution in [2.45, 2.75) is 16.2 Å². The average Bonchev–Trinajstić information content (AvgIpc) is 2.55. The molecule has 0 aromatic heterocycles. The van der Waals surface area contributed by atoms with Gasteiger partial charge >= 0.3 is 0 Å². The fourth-order valence-corrected chi connectivity index (χ4v) is 3.73. The number of hydrogen-bond acceptors (Lipinski definition) is 5. The first-order valence-corrected chi connectivity index (χ1v) is 10.5. The molecule has 0 aliphatic rings.